The van der Waals surface area contributed by atoms with Gasteiger partial charge in [0.25, 0.3) is 5.91 Å². The van der Waals surface area contributed by atoms with E-state index in [-0.39, 0.29) is 35.8 Å². The molecule has 1 aliphatic rings. The van der Waals surface area contributed by atoms with Crippen LogP contribution in [0.2, 0.25) is 0 Å². The molecule has 22 heavy (non-hydrogen) atoms. The van der Waals surface area contributed by atoms with Gasteiger partial charge in [-0.3, -0.25) is 9.36 Å². The normalized spacial score (nSPS) is 16.0. The summed E-state index contributed by atoms with van der Waals surface area (Å²) in [5.74, 6) is -2.25. The van der Waals surface area contributed by atoms with Crippen LogP contribution in [-0.2, 0) is 11.3 Å². The van der Waals surface area contributed by atoms with Crippen molar-refractivity contribution in [3.05, 3.63) is 47.3 Å². The molecule has 0 N–H and O–H groups in total. The minimum absolute atomic E-state index is 0.0823. The van der Waals surface area contributed by atoms with E-state index in [1.54, 1.807) is 6.92 Å². The summed E-state index contributed by atoms with van der Waals surface area (Å²) in [6.45, 7) is -1.41. The average Bonchev–Trinajstić information content (AvgIpc) is 2.89. The molecule has 6 nitrogen and oxygen atoms in total. The number of ether oxygens (including phenoxy) is 1. The van der Waals surface area contributed by atoms with Crippen molar-refractivity contribution in [2.24, 2.45) is 0 Å². The van der Waals surface area contributed by atoms with Crippen LogP contribution in [0.4, 0.5) is 4.39 Å². The van der Waals surface area contributed by atoms with Gasteiger partial charge in [-0.2, -0.15) is 0 Å². The summed E-state index contributed by atoms with van der Waals surface area (Å²) in [4.78, 5) is 29.3. The zero-order chi connectivity index (χ0) is 18.4. The van der Waals surface area contributed by atoms with Crippen molar-refractivity contribution in [3.8, 4) is 5.69 Å². The predicted molar refractivity (Wildman–Crippen MR) is 75.3 cm³/mol. The molecule has 2 aromatic rings. The number of hydrogen-bond donors (Lipinski definition) is 0. The number of hydrogen-bond acceptors (Lipinski definition) is 4. The second-order valence-corrected chi connectivity index (χ2v) is 4.68. The zero-order valence-electron chi connectivity index (χ0n) is 14.7. The van der Waals surface area contributed by atoms with E-state index in [0.29, 0.717) is 4.90 Å². The van der Waals surface area contributed by atoms with Crippen LogP contribution < -0.4 is 0 Å². The first-order valence-corrected chi connectivity index (χ1v) is 6.59. The van der Waals surface area contributed by atoms with E-state index in [2.05, 4.69) is 4.98 Å². The molecular weight excluding hydrogens is 289 g/mol. The number of benzene rings is 1. The van der Waals surface area contributed by atoms with Gasteiger partial charge in [-0.1, -0.05) is 0 Å². The van der Waals surface area contributed by atoms with Gasteiger partial charge < -0.3 is 9.64 Å². The molecule has 0 spiro atoms. The number of fused-ring (bicyclic) bond motifs is 3. The molecule has 114 valence electrons. The molecule has 0 atom stereocenters. The molecule has 2 heterocycles. The monoisotopic (exact) mass is 309 g/mol. The Labute approximate surface area is 130 Å². The molecule has 0 unspecified atom stereocenters. The third-order valence-electron chi connectivity index (χ3n) is 3.34. The smallest absolute Gasteiger partial charge is 0.358 e. The van der Waals surface area contributed by atoms with E-state index >= 15 is 0 Å². The number of amides is 1. The minimum atomic E-state index is -2.77. The van der Waals surface area contributed by atoms with Crippen LogP contribution in [0.5, 0.6) is 0 Å². The molecule has 3 rings (SSSR count). The van der Waals surface area contributed by atoms with Gasteiger partial charge >= 0.3 is 5.97 Å². The largest absolute Gasteiger partial charge is 0.461 e. The first-order chi connectivity index (χ1) is 11.7. The Kier molecular flexibility index (Phi) is 2.61. The number of carbonyl (C=O) groups excluding carboxylic acids is 2. The molecule has 1 aromatic heterocycles. The fraction of sp³-hybridized carbons (Fsp3) is 0.267. The Morgan fingerprint density at radius 3 is 3.09 bits per heavy atom. The van der Waals surface area contributed by atoms with E-state index in [1.165, 1.54) is 17.0 Å². The highest BCUT2D eigenvalue weighted by atomic mass is 19.1. The summed E-state index contributed by atoms with van der Waals surface area (Å²) in [6, 6.07) is 3.45. The highest BCUT2D eigenvalue weighted by molar-refractivity contribution is 5.99. The molecule has 0 saturated carbocycles. The van der Waals surface area contributed by atoms with Crippen LogP contribution in [0, 0.1) is 5.82 Å². The Hall–Kier alpha value is -2.70. The van der Waals surface area contributed by atoms with Crippen molar-refractivity contribution < 1.29 is 22.8 Å². The SMILES string of the molecule is [3H]C([3H])([3H])N1Cc2c(C(=O)OCC)ncn2-c2ccc(F)cc2C1=O. The molecule has 0 saturated heterocycles. The summed E-state index contributed by atoms with van der Waals surface area (Å²) in [5.41, 5.74) is 0.230. The molecular formula is C15H14FN3O3. The van der Waals surface area contributed by atoms with Gasteiger partial charge in [0.15, 0.2) is 5.69 Å². The summed E-state index contributed by atoms with van der Waals surface area (Å²) in [6.07, 6.45) is 1.29. The van der Waals surface area contributed by atoms with E-state index in [1.807, 2.05) is 0 Å². The fourth-order valence-electron chi connectivity index (χ4n) is 2.36. The van der Waals surface area contributed by atoms with Gasteiger partial charge in [-0.05, 0) is 25.1 Å². The summed E-state index contributed by atoms with van der Waals surface area (Å²) in [5, 5.41) is 0. The minimum Gasteiger partial charge on any atom is -0.461 e. The third-order valence-corrected chi connectivity index (χ3v) is 3.34. The molecule has 0 radical (unpaired) electrons. The maximum Gasteiger partial charge on any atom is 0.358 e. The van der Waals surface area contributed by atoms with Crippen molar-refractivity contribution >= 4 is 11.9 Å². The highest BCUT2D eigenvalue weighted by Gasteiger charge is 2.29. The number of carbonyl (C=O) groups is 2. The zero-order valence-corrected chi connectivity index (χ0v) is 11.7. The number of esters is 1. The van der Waals surface area contributed by atoms with E-state index in [9.17, 15) is 14.0 Å². The quantitative estimate of drug-likeness (QED) is 0.793. The van der Waals surface area contributed by atoms with Crippen LogP contribution in [0.15, 0.2) is 24.5 Å². The van der Waals surface area contributed by atoms with Gasteiger partial charge in [0.2, 0.25) is 0 Å². The highest BCUT2D eigenvalue weighted by Crippen LogP contribution is 2.26. The van der Waals surface area contributed by atoms with Crippen LogP contribution in [0.3, 0.4) is 0 Å². The van der Waals surface area contributed by atoms with E-state index in [4.69, 9.17) is 8.85 Å². The first kappa shape index (κ1) is 10.9. The van der Waals surface area contributed by atoms with Gasteiger partial charge in [0.1, 0.15) is 12.1 Å². The Bertz CT molecular complexity index is 863. The topological polar surface area (TPSA) is 64.4 Å². The third kappa shape index (κ3) is 2.14. The lowest BCUT2D eigenvalue weighted by Crippen LogP contribution is -2.26. The van der Waals surface area contributed by atoms with Crippen LogP contribution >= 0.6 is 0 Å². The lowest BCUT2D eigenvalue weighted by atomic mass is 10.1. The van der Waals surface area contributed by atoms with Gasteiger partial charge in [0.05, 0.1) is 30.1 Å². The summed E-state index contributed by atoms with van der Waals surface area (Å²) < 4.78 is 42.8. The fourth-order valence-corrected chi connectivity index (χ4v) is 2.36. The van der Waals surface area contributed by atoms with Crippen LogP contribution in [0.1, 0.15) is 37.6 Å². The Morgan fingerprint density at radius 2 is 2.36 bits per heavy atom. The Balaban J connectivity index is 2.24. The number of aromatic nitrogens is 2. The number of halogens is 1. The standard InChI is InChI=1S/C15H14FN3O3/c1-3-22-15(21)13-12-7-18(2)14(20)10-6-9(16)4-5-11(10)19(12)8-17-13/h4-6,8H,3,7H2,1-2H3/i2T3. The lowest BCUT2D eigenvalue weighted by molar-refractivity contribution is 0.0516. The maximum absolute atomic E-state index is 13.6. The average molecular weight is 309 g/mol. The van der Waals surface area contributed by atoms with Gasteiger partial charge in [-0.15, -0.1) is 0 Å². The Morgan fingerprint density at radius 1 is 1.55 bits per heavy atom. The summed E-state index contributed by atoms with van der Waals surface area (Å²) >= 11 is 0. The van der Waals surface area contributed by atoms with Crippen LogP contribution in [0.25, 0.3) is 5.69 Å². The number of nitrogens with zero attached hydrogens (tertiary/aromatic N) is 3. The molecule has 1 amide bonds. The second kappa shape index (κ2) is 5.25. The predicted octanol–water partition coefficient (Wildman–Crippen LogP) is 1.77. The molecule has 1 aromatic carbocycles. The van der Waals surface area contributed by atoms with Crippen molar-refractivity contribution in [2.45, 2.75) is 13.5 Å². The van der Waals surface area contributed by atoms with Crippen molar-refractivity contribution in [2.75, 3.05) is 13.6 Å². The van der Waals surface area contributed by atoms with Crippen molar-refractivity contribution in [1.29, 1.82) is 0 Å². The number of imidazole rings is 1. The van der Waals surface area contributed by atoms with Gasteiger partial charge in [0, 0.05) is 11.1 Å². The molecule has 1 aliphatic heterocycles. The number of rotatable bonds is 2. The maximum atomic E-state index is 13.6. The van der Waals surface area contributed by atoms with Crippen molar-refractivity contribution in [3.63, 3.8) is 0 Å². The van der Waals surface area contributed by atoms with E-state index < -0.39 is 24.7 Å². The lowest BCUT2D eigenvalue weighted by Gasteiger charge is -2.14. The van der Waals surface area contributed by atoms with E-state index in [0.717, 1.165) is 12.1 Å². The molecule has 0 bridgehead atoms. The molecule has 7 heteroatoms. The molecule has 0 fully saturated rings. The van der Waals surface area contributed by atoms with Crippen molar-refractivity contribution in [1.82, 2.24) is 14.5 Å². The first-order valence-electron chi connectivity index (χ1n) is 8.09. The molecule has 0 aliphatic carbocycles. The van der Waals surface area contributed by atoms with Crippen LogP contribution in [-0.4, -0.2) is 39.9 Å². The second-order valence-electron chi connectivity index (χ2n) is 4.68. The summed E-state index contributed by atoms with van der Waals surface area (Å²) in [7, 11) is 0. The van der Waals surface area contributed by atoms with Gasteiger partial charge in [-0.25, -0.2) is 14.2 Å².